The van der Waals surface area contributed by atoms with Gasteiger partial charge in [-0.2, -0.15) is 0 Å². The van der Waals surface area contributed by atoms with Gasteiger partial charge in [0.25, 0.3) is 0 Å². The Hall–Kier alpha value is -1.33. The number of fused-ring (bicyclic) bond motifs is 1. The van der Waals surface area contributed by atoms with Crippen molar-refractivity contribution in [3.8, 4) is 0 Å². The van der Waals surface area contributed by atoms with Crippen molar-refractivity contribution in [1.82, 2.24) is 0 Å². The molecule has 6 fully saturated rings. The van der Waals surface area contributed by atoms with Gasteiger partial charge < -0.3 is 33.5 Å². The summed E-state index contributed by atoms with van der Waals surface area (Å²) in [4.78, 5) is 12.7. The average Bonchev–Trinajstić information content (AvgIpc) is 3.28. The van der Waals surface area contributed by atoms with Crippen molar-refractivity contribution in [2.75, 3.05) is 6.61 Å². The number of aliphatic hydroxyl groups excluding tert-OH is 1. The van der Waals surface area contributed by atoms with Gasteiger partial charge in [0, 0.05) is 25.9 Å². The number of aliphatic hydroxyl groups is 1. The smallest absolute Gasteiger partial charge is 0.338 e. The van der Waals surface area contributed by atoms with Gasteiger partial charge >= 0.3 is 5.97 Å². The van der Waals surface area contributed by atoms with E-state index in [4.69, 9.17) is 28.4 Å². The third-order valence-corrected chi connectivity index (χ3v) is 8.38. The van der Waals surface area contributed by atoms with Crippen molar-refractivity contribution >= 4 is 21.9 Å². The van der Waals surface area contributed by atoms with Crippen LogP contribution in [0.2, 0.25) is 0 Å². The van der Waals surface area contributed by atoms with Gasteiger partial charge in [0.15, 0.2) is 5.79 Å². The third-order valence-electron chi connectivity index (χ3n) is 8.06. The van der Waals surface area contributed by atoms with Gasteiger partial charge in [-0.05, 0) is 42.3 Å². The first-order valence-electron chi connectivity index (χ1n) is 13.0. The maximum absolute atomic E-state index is 12.7. The van der Waals surface area contributed by atoms with Gasteiger partial charge in [0.2, 0.25) is 0 Å². The summed E-state index contributed by atoms with van der Waals surface area (Å²) in [7, 11) is 0. The van der Waals surface area contributed by atoms with Crippen molar-refractivity contribution < 1.29 is 38.3 Å². The molecule has 9 heteroatoms. The molecule has 6 aliphatic heterocycles. The van der Waals surface area contributed by atoms with E-state index in [1.807, 2.05) is 18.2 Å². The molecular weight excluding hydrogens is 532 g/mol. The number of carbonyl (C=O) groups is 1. The highest BCUT2D eigenvalue weighted by Crippen LogP contribution is 2.54. The minimum Gasteiger partial charge on any atom is -0.458 e. The molecule has 0 saturated carbocycles. The summed E-state index contributed by atoms with van der Waals surface area (Å²) < 4.78 is 39.2. The van der Waals surface area contributed by atoms with Crippen LogP contribution in [-0.4, -0.2) is 78.4 Å². The first kappa shape index (κ1) is 25.0. The molecule has 8 nitrogen and oxygen atoms in total. The molecule has 9 unspecified atom stereocenters. The van der Waals surface area contributed by atoms with Gasteiger partial charge in [-0.1, -0.05) is 40.7 Å². The molecule has 36 heavy (non-hydrogen) atoms. The topological polar surface area (TPSA) is 92.7 Å². The molecule has 196 valence electrons. The molecule has 0 aliphatic carbocycles. The van der Waals surface area contributed by atoms with E-state index in [1.165, 1.54) is 0 Å². The number of benzene rings is 1. The molecule has 1 aromatic rings. The van der Waals surface area contributed by atoms with E-state index in [-0.39, 0.29) is 67.5 Å². The van der Waals surface area contributed by atoms with Crippen LogP contribution < -0.4 is 0 Å². The second kappa shape index (κ2) is 10.1. The zero-order valence-electron chi connectivity index (χ0n) is 20.1. The molecule has 7 rings (SSSR count). The van der Waals surface area contributed by atoms with E-state index in [0.29, 0.717) is 37.7 Å². The zero-order chi connectivity index (χ0) is 24.9. The Morgan fingerprint density at radius 3 is 2.58 bits per heavy atom. The van der Waals surface area contributed by atoms with E-state index >= 15 is 0 Å². The summed E-state index contributed by atoms with van der Waals surface area (Å²) in [5.74, 6) is -1.21. The molecule has 1 aromatic carbocycles. The van der Waals surface area contributed by atoms with Crippen LogP contribution in [0.1, 0.15) is 55.3 Å². The summed E-state index contributed by atoms with van der Waals surface area (Å²) in [5.41, 5.74) is 0.516. The summed E-state index contributed by atoms with van der Waals surface area (Å²) in [6.45, 7) is 4.05. The zero-order valence-corrected chi connectivity index (χ0v) is 21.7. The fourth-order valence-corrected chi connectivity index (χ4v) is 6.82. The van der Waals surface area contributed by atoms with Gasteiger partial charge in [-0.25, -0.2) is 4.79 Å². The van der Waals surface area contributed by atoms with Gasteiger partial charge in [0.1, 0.15) is 36.6 Å². The largest absolute Gasteiger partial charge is 0.458 e. The fourth-order valence-electron chi connectivity index (χ4n) is 6.46. The summed E-state index contributed by atoms with van der Waals surface area (Å²) in [5, 5.41) is 9.42. The maximum Gasteiger partial charge on any atom is 0.338 e. The SMILES string of the molecule is C=C(Br)C[C@@H](CCC12CC3OC4C(OC5CCC(CCO)OC5C4O1)C3O2)OC(=O)c1ccccc1. The maximum atomic E-state index is 12.7. The van der Waals surface area contributed by atoms with Crippen LogP contribution in [0.15, 0.2) is 41.4 Å². The highest BCUT2D eigenvalue weighted by atomic mass is 79.9. The normalized spacial score (nSPS) is 40.9. The van der Waals surface area contributed by atoms with Crippen LogP contribution in [-0.2, 0) is 28.4 Å². The van der Waals surface area contributed by atoms with Crippen molar-refractivity contribution in [3.63, 3.8) is 0 Å². The lowest BCUT2D eigenvalue weighted by molar-refractivity contribution is -0.293. The molecule has 6 saturated heterocycles. The highest BCUT2D eigenvalue weighted by Gasteiger charge is 2.68. The molecule has 1 N–H and O–H groups in total. The third kappa shape index (κ3) is 4.68. The lowest BCUT2D eigenvalue weighted by Crippen LogP contribution is -2.61. The van der Waals surface area contributed by atoms with Crippen molar-refractivity contribution in [1.29, 1.82) is 0 Å². The van der Waals surface area contributed by atoms with Crippen LogP contribution in [0.25, 0.3) is 0 Å². The second-order valence-corrected chi connectivity index (χ2v) is 11.6. The monoisotopic (exact) mass is 564 g/mol. The van der Waals surface area contributed by atoms with Crippen molar-refractivity contribution in [2.24, 2.45) is 0 Å². The molecular formula is C27H33BrO8. The Morgan fingerprint density at radius 1 is 1.06 bits per heavy atom. The number of ether oxygens (including phenoxy) is 6. The van der Waals surface area contributed by atoms with Crippen LogP contribution in [0, 0.1) is 0 Å². The van der Waals surface area contributed by atoms with E-state index in [1.54, 1.807) is 12.1 Å². The lowest BCUT2D eigenvalue weighted by atomic mass is 9.87. The van der Waals surface area contributed by atoms with E-state index in [9.17, 15) is 9.90 Å². The first-order valence-corrected chi connectivity index (χ1v) is 13.8. The minimum absolute atomic E-state index is 0.0148. The van der Waals surface area contributed by atoms with Crippen LogP contribution in [0.5, 0.6) is 0 Å². The van der Waals surface area contributed by atoms with E-state index < -0.39 is 5.79 Å². The van der Waals surface area contributed by atoms with E-state index in [0.717, 1.165) is 17.3 Å². The molecule has 6 aliphatic rings. The van der Waals surface area contributed by atoms with Gasteiger partial charge in [0.05, 0.1) is 23.9 Å². The van der Waals surface area contributed by atoms with Crippen LogP contribution in [0.3, 0.4) is 0 Å². The number of halogens is 1. The van der Waals surface area contributed by atoms with Gasteiger partial charge in [-0.15, -0.1) is 0 Å². The molecule has 6 heterocycles. The Bertz CT molecular complexity index is 974. The van der Waals surface area contributed by atoms with Crippen LogP contribution in [0.4, 0.5) is 0 Å². The standard InChI is InChI=1S/C27H33BrO8/c1-15(28)13-18(32-26(30)16-5-3-2-4-6-16)9-11-27-14-20-22(35-27)23-24(34-20)25(36-27)21-19(33-23)8-7-17(31-21)10-12-29/h2-6,17-25,29H,1,7-14H2/t17?,18-,19?,20?,21?,22?,23?,24?,25?,27?/m1/s1. The Balaban J connectivity index is 1.18. The quantitative estimate of drug-likeness (QED) is 0.454. The minimum atomic E-state index is -0.847. The molecule has 0 amide bonds. The summed E-state index contributed by atoms with van der Waals surface area (Å²) in [6, 6.07) is 8.99. The molecule has 6 bridgehead atoms. The highest BCUT2D eigenvalue weighted by molar-refractivity contribution is 9.11. The Labute approximate surface area is 219 Å². The average molecular weight is 565 g/mol. The van der Waals surface area contributed by atoms with Crippen LogP contribution >= 0.6 is 15.9 Å². The lowest BCUT2D eigenvalue weighted by Gasteiger charge is -2.47. The summed E-state index contributed by atoms with van der Waals surface area (Å²) in [6.07, 6.45) is 2.84. The first-order chi connectivity index (χ1) is 17.4. The number of hydrogen-bond donors (Lipinski definition) is 1. The predicted molar refractivity (Wildman–Crippen MR) is 132 cm³/mol. The number of rotatable bonds is 9. The number of carbonyl (C=O) groups excluding carboxylic acids is 1. The predicted octanol–water partition coefficient (Wildman–Crippen LogP) is 3.64. The number of hydrogen-bond acceptors (Lipinski definition) is 8. The molecule has 0 aromatic heterocycles. The summed E-state index contributed by atoms with van der Waals surface area (Å²) >= 11 is 3.43. The fraction of sp³-hybridized carbons (Fsp3) is 0.667. The Kier molecular flexibility index (Phi) is 7.00. The molecule has 0 radical (unpaired) electrons. The van der Waals surface area contributed by atoms with E-state index in [2.05, 4.69) is 22.5 Å². The molecule has 0 spiro atoms. The number of esters is 1. The van der Waals surface area contributed by atoms with Crippen molar-refractivity contribution in [3.05, 3.63) is 47.0 Å². The molecule has 10 atom stereocenters. The van der Waals surface area contributed by atoms with Gasteiger partial charge in [-0.3, -0.25) is 0 Å². The van der Waals surface area contributed by atoms with Crippen molar-refractivity contribution in [2.45, 2.75) is 106 Å². The second-order valence-electron chi connectivity index (χ2n) is 10.5. The Morgan fingerprint density at radius 2 is 1.81 bits per heavy atom.